The number of hydrogen-bond donors (Lipinski definition) is 0. The van der Waals surface area contributed by atoms with Gasteiger partial charge in [-0.2, -0.15) is 0 Å². The Balaban J connectivity index is 1.48. The predicted octanol–water partition coefficient (Wildman–Crippen LogP) is 13.5. The van der Waals surface area contributed by atoms with E-state index in [-0.39, 0.29) is 0 Å². The van der Waals surface area contributed by atoms with Gasteiger partial charge in [0, 0.05) is 22.0 Å². The van der Waals surface area contributed by atoms with Crippen LogP contribution in [0.3, 0.4) is 0 Å². The Morgan fingerprint density at radius 2 is 1.06 bits per heavy atom. The Morgan fingerprint density at radius 1 is 0.360 bits per heavy atom. The van der Waals surface area contributed by atoms with Crippen LogP contribution in [0.4, 0.5) is 0 Å². The molecule has 0 aliphatic carbocycles. The van der Waals surface area contributed by atoms with Crippen LogP contribution in [0.25, 0.3) is 104 Å². The van der Waals surface area contributed by atoms with Gasteiger partial charge in [-0.15, -0.1) is 0 Å². The first-order valence-electron chi connectivity index (χ1n) is 17.2. The summed E-state index contributed by atoms with van der Waals surface area (Å²) in [6, 6.07) is 64.2. The summed E-state index contributed by atoms with van der Waals surface area (Å²) in [5.74, 6) is 0. The van der Waals surface area contributed by atoms with Crippen molar-refractivity contribution in [2.75, 3.05) is 0 Å². The molecule has 0 unspecified atom stereocenters. The van der Waals surface area contributed by atoms with Crippen molar-refractivity contribution in [1.82, 2.24) is 4.57 Å². The molecule has 2 nitrogen and oxygen atoms in total. The van der Waals surface area contributed by atoms with Gasteiger partial charge in [0.25, 0.3) is 0 Å². The fourth-order valence-electron chi connectivity index (χ4n) is 8.24. The smallest absolute Gasteiger partial charge is 0.143 e. The number of rotatable bonds is 2. The highest BCUT2D eigenvalue weighted by atomic mass is 16.3. The zero-order valence-corrected chi connectivity index (χ0v) is 27.1. The molecule has 0 N–H and O–H groups in total. The quantitative estimate of drug-likeness (QED) is 0.185. The number of furan rings is 1. The van der Waals surface area contributed by atoms with Gasteiger partial charge in [0.2, 0.25) is 0 Å². The highest BCUT2D eigenvalue weighted by Gasteiger charge is 2.18. The van der Waals surface area contributed by atoms with E-state index in [1.807, 2.05) is 0 Å². The molecule has 11 rings (SSSR count). The monoisotopic (exact) mass is 635 g/mol. The Morgan fingerprint density at radius 3 is 1.94 bits per heavy atom. The van der Waals surface area contributed by atoms with Gasteiger partial charge in [-0.1, -0.05) is 127 Å². The molecule has 50 heavy (non-hydrogen) atoms. The summed E-state index contributed by atoms with van der Waals surface area (Å²) in [5, 5.41) is 14.2. The van der Waals surface area contributed by atoms with Gasteiger partial charge in [0.15, 0.2) is 0 Å². The van der Waals surface area contributed by atoms with Crippen LogP contribution in [-0.4, -0.2) is 4.57 Å². The van der Waals surface area contributed by atoms with E-state index in [1.165, 1.54) is 59.6 Å². The molecule has 2 heteroatoms. The minimum atomic E-state index is 0.880. The number of benzene rings is 9. The van der Waals surface area contributed by atoms with E-state index in [0.717, 1.165) is 44.0 Å². The van der Waals surface area contributed by atoms with Crippen LogP contribution in [-0.2, 0) is 0 Å². The second kappa shape index (κ2) is 10.4. The third-order valence-corrected chi connectivity index (χ3v) is 10.5. The van der Waals surface area contributed by atoms with E-state index in [9.17, 15) is 0 Å². The Bertz CT molecular complexity index is 3200. The summed E-state index contributed by atoms with van der Waals surface area (Å²) >= 11 is 0. The first-order valence-corrected chi connectivity index (χ1v) is 17.2. The summed E-state index contributed by atoms with van der Waals surface area (Å²) in [4.78, 5) is 0. The third kappa shape index (κ3) is 3.96. The molecule has 4 bridgehead atoms. The number of fused-ring (bicyclic) bond motifs is 12. The fourth-order valence-corrected chi connectivity index (χ4v) is 8.24. The van der Waals surface area contributed by atoms with Crippen LogP contribution >= 0.6 is 0 Å². The van der Waals surface area contributed by atoms with Gasteiger partial charge >= 0.3 is 0 Å². The lowest BCUT2D eigenvalue weighted by Crippen LogP contribution is -1.97. The molecule has 232 valence electrons. The number of aromatic nitrogens is 1. The van der Waals surface area contributed by atoms with Gasteiger partial charge in [-0.25, -0.2) is 0 Å². The Kier molecular flexibility index (Phi) is 5.70. The second-order valence-corrected chi connectivity index (χ2v) is 13.3. The molecule has 0 aliphatic heterocycles. The zero-order valence-electron chi connectivity index (χ0n) is 27.1. The summed E-state index contributed by atoms with van der Waals surface area (Å²) in [5.41, 5.74) is 7.49. The number of nitrogens with zero attached hydrogens (tertiary/aromatic N) is 1. The van der Waals surface area contributed by atoms with Crippen molar-refractivity contribution in [3.05, 3.63) is 176 Å². The molecule has 0 fully saturated rings. The normalized spacial score (nSPS) is 12.0. The van der Waals surface area contributed by atoms with Gasteiger partial charge in [0.1, 0.15) is 11.2 Å². The van der Waals surface area contributed by atoms with E-state index < -0.39 is 0 Å². The lowest BCUT2D eigenvalue weighted by Gasteiger charge is -2.15. The zero-order chi connectivity index (χ0) is 32.8. The summed E-state index contributed by atoms with van der Waals surface area (Å²) in [7, 11) is 0. The molecule has 0 amide bonds. The van der Waals surface area contributed by atoms with Gasteiger partial charge < -0.3 is 8.98 Å². The molecule has 0 saturated carbocycles. The van der Waals surface area contributed by atoms with E-state index in [4.69, 9.17) is 4.42 Å². The number of hydrogen-bond acceptors (Lipinski definition) is 1. The summed E-state index contributed by atoms with van der Waals surface area (Å²) in [6.07, 6.45) is 0. The van der Waals surface area contributed by atoms with Gasteiger partial charge in [-0.3, -0.25) is 0 Å². The molecule has 0 atom stereocenters. The maximum Gasteiger partial charge on any atom is 0.143 e. The summed E-state index contributed by atoms with van der Waals surface area (Å²) < 4.78 is 9.25. The molecular formula is C48H29NO. The standard InChI is InChI=1S/C48H29NO/c1-2-11-30(12-3-1)33-22-24-39-41(27-33)42-28-36(26-34-15-6-7-16-37(34)42)49(35-23-21-31-13-4-5-14-32(31)25-35)45-19-10-20-46-47(45)44-29-43(39)38-17-8-9-18-40(38)48(44)50-46/h1-29H. The van der Waals surface area contributed by atoms with Crippen LogP contribution in [0.15, 0.2) is 180 Å². The largest absolute Gasteiger partial charge is 0.455 e. The van der Waals surface area contributed by atoms with Crippen LogP contribution < -0.4 is 0 Å². The van der Waals surface area contributed by atoms with Crippen molar-refractivity contribution in [3.8, 4) is 16.8 Å². The van der Waals surface area contributed by atoms with Crippen molar-refractivity contribution < 1.29 is 4.42 Å². The maximum absolute atomic E-state index is 6.82. The molecule has 9 aromatic carbocycles. The van der Waals surface area contributed by atoms with Gasteiger partial charge in [0.05, 0.1) is 10.9 Å². The lowest BCUT2D eigenvalue weighted by atomic mass is 9.94. The van der Waals surface area contributed by atoms with E-state index in [2.05, 4.69) is 180 Å². The predicted molar refractivity (Wildman–Crippen MR) is 212 cm³/mol. The molecule has 11 aromatic rings. The average Bonchev–Trinajstić information content (AvgIpc) is 3.56. The molecule has 0 radical (unpaired) electrons. The van der Waals surface area contributed by atoms with Crippen LogP contribution in [0.5, 0.6) is 0 Å². The molecule has 0 saturated heterocycles. The van der Waals surface area contributed by atoms with Crippen molar-refractivity contribution in [2.45, 2.75) is 0 Å². The first kappa shape index (κ1) is 27.3. The van der Waals surface area contributed by atoms with E-state index in [1.54, 1.807) is 0 Å². The minimum absolute atomic E-state index is 0.880. The van der Waals surface area contributed by atoms with Crippen LogP contribution in [0.1, 0.15) is 0 Å². The third-order valence-electron chi connectivity index (χ3n) is 10.5. The van der Waals surface area contributed by atoms with Crippen LogP contribution in [0, 0.1) is 0 Å². The van der Waals surface area contributed by atoms with Crippen molar-refractivity contribution in [3.63, 3.8) is 0 Å². The van der Waals surface area contributed by atoms with Crippen LogP contribution in [0.2, 0.25) is 0 Å². The molecule has 0 aliphatic rings. The first-order chi connectivity index (χ1) is 24.8. The highest BCUT2D eigenvalue weighted by Crippen LogP contribution is 2.42. The molecule has 0 spiro atoms. The second-order valence-electron chi connectivity index (χ2n) is 13.3. The molecule has 2 heterocycles. The minimum Gasteiger partial charge on any atom is -0.455 e. The van der Waals surface area contributed by atoms with E-state index in [0.29, 0.717) is 0 Å². The summed E-state index contributed by atoms with van der Waals surface area (Å²) in [6.45, 7) is 0. The highest BCUT2D eigenvalue weighted by molar-refractivity contribution is 6.28. The lowest BCUT2D eigenvalue weighted by molar-refractivity contribution is 0.673. The average molecular weight is 636 g/mol. The van der Waals surface area contributed by atoms with Crippen molar-refractivity contribution in [1.29, 1.82) is 0 Å². The molecular weight excluding hydrogens is 607 g/mol. The maximum atomic E-state index is 6.82. The molecule has 2 aromatic heterocycles. The van der Waals surface area contributed by atoms with Crippen molar-refractivity contribution in [2.24, 2.45) is 0 Å². The fraction of sp³-hybridized carbons (Fsp3) is 0. The topological polar surface area (TPSA) is 18.1 Å². The van der Waals surface area contributed by atoms with E-state index >= 15 is 0 Å². The Hall–Kier alpha value is -6.64. The Labute approximate surface area is 287 Å². The van der Waals surface area contributed by atoms with Crippen molar-refractivity contribution >= 4 is 86.8 Å². The SMILES string of the molecule is c1ccc(-c2ccc3c(c2)c2cc(cc4ccccc42)n(-c2ccc4ccccc4c2)c2cccc4oc5c6ccccc6c3cc5c42)cc1. The van der Waals surface area contributed by atoms with Gasteiger partial charge in [-0.05, 0) is 108 Å².